The second-order valence-electron chi connectivity index (χ2n) is 4.47. The van der Waals surface area contributed by atoms with Crippen LogP contribution in [0.2, 0.25) is 0 Å². The van der Waals surface area contributed by atoms with E-state index in [9.17, 15) is 4.79 Å². The fourth-order valence-electron chi connectivity index (χ4n) is 2.19. The summed E-state index contributed by atoms with van der Waals surface area (Å²) in [6.07, 6.45) is 0.589. The maximum absolute atomic E-state index is 11.1. The highest BCUT2D eigenvalue weighted by molar-refractivity contribution is 5.73. The molecular formula is C13H21NO3. The number of rotatable bonds is 5. The first-order valence-corrected chi connectivity index (χ1v) is 5.90. The summed E-state index contributed by atoms with van der Waals surface area (Å²) in [6, 6.07) is 1.55. The summed E-state index contributed by atoms with van der Waals surface area (Å²) >= 11 is 0. The molecule has 17 heavy (non-hydrogen) atoms. The lowest BCUT2D eigenvalue weighted by molar-refractivity contribution is -0.143. The Hall–Kier alpha value is -1.29. The molecule has 4 heteroatoms. The number of hydrogen-bond donors (Lipinski definition) is 1. The first kappa shape index (κ1) is 13.8. The summed E-state index contributed by atoms with van der Waals surface area (Å²) in [4.78, 5) is 13.0. The summed E-state index contributed by atoms with van der Waals surface area (Å²) in [5, 5.41) is 9.15. The van der Waals surface area contributed by atoms with Crippen LogP contribution in [0.1, 0.15) is 43.4 Å². The van der Waals surface area contributed by atoms with Crippen molar-refractivity contribution in [2.45, 2.75) is 46.2 Å². The third-order valence-corrected chi connectivity index (χ3v) is 3.30. The van der Waals surface area contributed by atoms with Gasteiger partial charge in [0.2, 0.25) is 0 Å². The van der Waals surface area contributed by atoms with E-state index in [0.717, 1.165) is 17.1 Å². The molecule has 2 atom stereocenters. The van der Waals surface area contributed by atoms with Crippen LogP contribution in [0.15, 0.2) is 10.5 Å². The van der Waals surface area contributed by atoms with Crippen LogP contribution in [0.25, 0.3) is 0 Å². The van der Waals surface area contributed by atoms with Crippen molar-refractivity contribution in [3.05, 3.63) is 23.2 Å². The predicted molar refractivity (Wildman–Crippen MR) is 66.1 cm³/mol. The van der Waals surface area contributed by atoms with Crippen molar-refractivity contribution >= 4 is 5.97 Å². The zero-order valence-corrected chi connectivity index (χ0v) is 11.2. The smallest absolute Gasteiger partial charge is 0.320 e. The van der Waals surface area contributed by atoms with Gasteiger partial charge in [0.25, 0.3) is 0 Å². The summed E-state index contributed by atoms with van der Waals surface area (Å²) in [7, 11) is 1.84. The highest BCUT2D eigenvalue weighted by Crippen LogP contribution is 2.27. The number of carboxylic acids is 1. The van der Waals surface area contributed by atoms with Crippen molar-refractivity contribution in [2.24, 2.45) is 0 Å². The van der Waals surface area contributed by atoms with Gasteiger partial charge in [-0.05, 0) is 40.3 Å². The number of nitrogens with zero attached hydrogens (tertiary/aromatic N) is 1. The lowest BCUT2D eigenvalue weighted by Crippen LogP contribution is -2.39. The minimum atomic E-state index is -0.778. The number of aliphatic carboxylic acids is 1. The Balaban J connectivity index is 2.92. The van der Waals surface area contributed by atoms with Crippen LogP contribution in [0.3, 0.4) is 0 Å². The molecule has 0 saturated carbocycles. The predicted octanol–water partition coefficient (Wildman–Crippen LogP) is 2.75. The summed E-state index contributed by atoms with van der Waals surface area (Å²) in [6.45, 7) is 7.70. The van der Waals surface area contributed by atoms with Gasteiger partial charge in [0.05, 0.1) is 0 Å². The Labute approximate surface area is 102 Å². The molecule has 4 nitrogen and oxygen atoms in total. The van der Waals surface area contributed by atoms with Crippen molar-refractivity contribution < 1.29 is 14.3 Å². The first-order valence-electron chi connectivity index (χ1n) is 5.90. The zero-order valence-electron chi connectivity index (χ0n) is 11.2. The fourth-order valence-corrected chi connectivity index (χ4v) is 2.19. The van der Waals surface area contributed by atoms with Gasteiger partial charge in [0.1, 0.15) is 17.6 Å². The van der Waals surface area contributed by atoms with Gasteiger partial charge in [0.15, 0.2) is 0 Å². The Bertz CT molecular complexity index is 397. The number of carboxylic acid groups (broad SMARTS) is 1. The third kappa shape index (κ3) is 2.88. The van der Waals surface area contributed by atoms with E-state index in [1.54, 1.807) is 0 Å². The lowest BCUT2D eigenvalue weighted by atomic mass is 10.1. The molecule has 1 rings (SSSR count). The normalized spacial score (nSPS) is 14.9. The van der Waals surface area contributed by atoms with Crippen molar-refractivity contribution in [3.63, 3.8) is 0 Å². The summed E-state index contributed by atoms with van der Waals surface area (Å²) in [5.41, 5.74) is 1.06. The number of aryl methyl sites for hydroxylation is 2. The van der Waals surface area contributed by atoms with Gasteiger partial charge < -0.3 is 9.52 Å². The van der Waals surface area contributed by atoms with Crippen molar-refractivity contribution in [3.8, 4) is 0 Å². The Morgan fingerprint density at radius 2 is 2.12 bits per heavy atom. The molecule has 2 unspecified atom stereocenters. The molecule has 1 aromatic heterocycles. The summed E-state index contributed by atoms with van der Waals surface area (Å²) in [5.74, 6) is 0.947. The molecule has 0 bridgehead atoms. The van der Waals surface area contributed by atoms with Gasteiger partial charge >= 0.3 is 5.97 Å². The minimum absolute atomic E-state index is 0.0356. The second-order valence-corrected chi connectivity index (χ2v) is 4.47. The lowest BCUT2D eigenvalue weighted by Gasteiger charge is -2.29. The third-order valence-electron chi connectivity index (χ3n) is 3.30. The van der Waals surface area contributed by atoms with Crippen molar-refractivity contribution in [1.29, 1.82) is 0 Å². The molecule has 0 spiro atoms. The molecule has 1 aromatic rings. The number of hydrogen-bond acceptors (Lipinski definition) is 3. The van der Waals surface area contributed by atoms with Crippen LogP contribution in [0.4, 0.5) is 0 Å². The zero-order chi connectivity index (χ0) is 13.2. The molecule has 0 saturated heterocycles. The molecule has 0 fully saturated rings. The van der Waals surface area contributed by atoms with Crippen LogP contribution in [0, 0.1) is 13.8 Å². The van der Waals surface area contributed by atoms with E-state index in [0.29, 0.717) is 6.42 Å². The molecule has 1 N–H and O–H groups in total. The molecule has 1 heterocycles. The molecule has 0 amide bonds. The van der Waals surface area contributed by atoms with Gasteiger partial charge in [-0.3, -0.25) is 9.69 Å². The average Bonchev–Trinajstić information content (AvgIpc) is 2.57. The molecule has 0 radical (unpaired) electrons. The van der Waals surface area contributed by atoms with Crippen LogP contribution in [-0.4, -0.2) is 29.1 Å². The highest BCUT2D eigenvalue weighted by Gasteiger charge is 2.27. The molecule has 0 aromatic carbocycles. The maximum Gasteiger partial charge on any atom is 0.320 e. The molecule has 0 aliphatic rings. The van der Waals surface area contributed by atoms with Gasteiger partial charge in [-0.2, -0.15) is 0 Å². The van der Waals surface area contributed by atoms with E-state index in [-0.39, 0.29) is 6.04 Å². The van der Waals surface area contributed by atoms with Crippen LogP contribution >= 0.6 is 0 Å². The fraction of sp³-hybridized carbons (Fsp3) is 0.615. The van der Waals surface area contributed by atoms with Gasteiger partial charge in [-0.15, -0.1) is 0 Å². The number of furan rings is 1. The largest absolute Gasteiger partial charge is 0.480 e. The Morgan fingerprint density at radius 3 is 2.47 bits per heavy atom. The molecule has 0 aliphatic heterocycles. The summed E-state index contributed by atoms with van der Waals surface area (Å²) < 4.78 is 5.49. The SMILES string of the molecule is CCC(C(=O)O)N(C)C(C)c1cc(C)oc1C. The maximum atomic E-state index is 11.1. The van der Waals surface area contributed by atoms with E-state index in [1.807, 2.05) is 45.7 Å². The Kier molecular flexibility index (Phi) is 4.34. The molecule has 0 aliphatic carbocycles. The van der Waals surface area contributed by atoms with Crippen LogP contribution in [-0.2, 0) is 4.79 Å². The average molecular weight is 239 g/mol. The standard InChI is InChI=1S/C13H21NO3/c1-6-12(13(15)16)14(5)9(3)11-7-8(2)17-10(11)4/h7,9,12H,6H2,1-5H3,(H,15,16). The second kappa shape index (κ2) is 5.36. The van der Waals surface area contributed by atoms with E-state index >= 15 is 0 Å². The van der Waals surface area contributed by atoms with Crippen LogP contribution in [0.5, 0.6) is 0 Å². The molecule has 96 valence electrons. The minimum Gasteiger partial charge on any atom is -0.480 e. The van der Waals surface area contributed by atoms with Crippen molar-refractivity contribution in [2.75, 3.05) is 7.05 Å². The topological polar surface area (TPSA) is 53.7 Å². The van der Waals surface area contributed by atoms with Crippen molar-refractivity contribution in [1.82, 2.24) is 4.90 Å². The van der Waals surface area contributed by atoms with Gasteiger partial charge in [0, 0.05) is 11.6 Å². The van der Waals surface area contributed by atoms with E-state index in [4.69, 9.17) is 9.52 Å². The van der Waals surface area contributed by atoms with Gasteiger partial charge in [-0.1, -0.05) is 6.92 Å². The monoisotopic (exact) mass is 239 g/mol. The van der Waals surface area contributed by atoms with E-state index < -0.39 is 12.0 Å². The Morgan fingerprint density at radius 1 is 1.53 bits per heavy atom. The van der Waals surface area contributed by atoms with Crippen LogP contribution < -0.4 is 0 Å². The van der Waals surface area contributed by atoms with E-state index in [2.05, 4.69) is 0 Å². The number of carbonyl (C=O) groups is 1. The number of likely N-dealkylation sites (N-methyl/N-ethyl adjacent to an activating group) is 1. The molecular weight excluding hydrogens is 218 g/mol. The highest BCUT2D eigenvalue weighted by atomic mass is 16.4. The van der Waals surface area contributed by atoms with Gasteiger partial charge in [-0.25, -0.2) is 0 Å². The van der Waals surface area contributed by atoms with E-state index in [1.165, 1.54) is 0 Å². The first-order chi connectivity index (χ1) is 7.88. The quantitative estimate of drug-likeness (QED) is 0.858.